The molecule has 0 saturated carbocycles. The van der Waals surface area contributed by atoms with Gasteiger partial charge in [0.2, 0.25) is 5.91 Å². The van der Waals surface area contributed by atoms with Gasteiger partial charge in [0.25, 0.3) is 0 Å². The standard InChI is InChI=1S/C23H44N3O8PS/c1-6-31-14-15-33-35(29,34-23(2,3)4)32-13-11-17(30-5)10-12-24-20(27)9-7-8-19-21-18(16-36-19)25-22(28)26-21/h17-19,21H,6-16H2,1-5H3,(H,24,27)(H2,25,26,28). The van der Waals surface area contributed by atoms with Crippen LogP contribution in [0.25, 0.3) is 0 Å². The summed E-state index contributed by atoms with van der Waals surface area (Å²) in [4.78, 5) is 23.7. The number of fused-ring (bicyclic) bond motifs is 1. The van der Waals surface area contributed by atoms with Gasteiger partial charge in [-0.05, 0) is 53.4 Å². The third-order valence-electron chi connectivity index (χ3n) is 5.71. The zero-order chi connectivity index (χ0) is 26.6. The smallest absolute Gasteiger partial charge is 0.381 e. The zero-order valence-corrected chi connectivity index (χ0v) is 23.9. The van der Waals surface area contributed by atoms with Crippen molar-refractivity contribution in [1.29, 1.82) is 0 Å². The number of ether oxygens (including phenoxy) is 2. The molecule has 210 valence electrons. The van der Waals surface area contributed by atoms with Gasteiger partial charge in [0, 0.05) is 37.7 Å². The minimum atomic E-state index is -3.76. The fourth-order valence-electron chi connectivity index (χ4n) is 4.02. The Bertz CT molecular complexity index is 739. The molecule has 0 spiro atoms. The molecule has 13 heteroatoms. The van der Waals surface area contributed by atoms with Gasteiger partial charge in [-0.1, -0.05) is 0 Å². The van der Waals surface area contributed by atoms with Crippen LogP contribution in [0.1, 0.15) is 59.8 Å². The second-order valence-electron chi connectivity index (χ2n) is 9.81. The number of hydrogen-bond donors (Lipinski definition) is 3. The minimum Gasteiger partial charge on any atom is -0.381 e. The maximum absolute atomic E-state index is 13.0. The lowest BCUT2D eigenvalue weighted by atomic mass is 10.0. The number of methoxy groups -OCH3 is 1. The van der Waals surface area contributed by atoms with Gasteiger partial charge in [0.1, 0.15) is 0 Å². The van der Waals surface area contributed by atoms with Crippen molar-refractivity contribution >= 4 is 31.5 Å². The highest BCUT2D eigenvalue weighted by Gasteiger charge is 2.42. The molecule has 0 aromatic rings. The SMILES string of the molecule is CCOCCOP(=O)(OCCC(CCNC(=O)CCCC1SCC2NC(=O)NC21)OC)OC(C)(C)C. The Labute approximate surface area is 219 Å². The van der Waals surface area contributed by atoms with Crippen LogP contribution in [0, 0.1) is 0 Å². The van der Waals surface area contributed by atoms with E-state index in [4.69, 9.17) is 23.0 Å². The highest BCUT2D eigenvalue weighted by Crippen LogP contribution is 2.52. The van der Waals surface area contributed by atoms with Crippen LogP contribution in [0.15, 0.2) is 0 Å². The molecule has 2 rings (SSSR count). The number of nitrogens with one attached hydrogen (secondary N) is 3. The number of phosphoric ester groups is 1. The predicted molar refractivity (Wildman–Crippen MR) is 139 cm³/mol. The monoisotopic (exact) mass is 553 g/mol. The van der Waals surface area contributed by atoms with Crippen molar-refractivity contribution in [1.82, 2.24) is 16.0 Å². The van der Waals surface area contributed by atoms with Crippen molar-refractivity contribution in [3.05, 3.63) is 0 Å². The molecule has 0 aromatic heterocycles. The molecule has 3 amide bonds. The lowest BCUT2D eigenvalue weighted by Gasteiger charge is -2.26. The van der Waals surface area contributed by atoms with Crippen LogP contribution >= 0.6 is 19.6 Å². The third-order valence-corrected chi connectivity index (χ3v) is 8.99. The maximum Gasteiger partial charge on any atom is 0.475 e. The summed E-state index contributed by atoms with van der Waals surface area (Å²) in [6.07, 6.45) is 3.01. The summed E-state index contributed by atoms with van der Waals surface area (Å²) in [7, 11) is -2.16. The van der Waals surface area contributed by atoms with Gasteiger partial charge in [-0.15, -0.1) is 0 Å². The summed E-state index contributed by atoms with van der Waals surface area (Å²) >= 11 is 1.85. The van der Waals surface area contributed by atoms with Crippen LogP contribution in [0.3, 0.4) is 0 Å². The lowest BCUT2D eigenvalue weighted by Crippen LogP contribution is -2.37. The van der Waals surface area contributed by atoms with Gasteiger partial charge < -0.3 is 25.4 Å². The Balaban J connectivity index is 1.62. The first-order valence-electron chi connectivity index (χ1n) is 12.7. The molecule has 0 aliphatic carbocycles. The van der Waals surface area contributed by atoms with E-state index in [2.05, 4.69) is 16.0 Å². The molecule has 11 nitrogen and oxygen atoms in total. The van der Waals surface area contributed by atoms with Gasteiger partial charge in [-0.25, -0.2) is 9.36 Å². The normalized spacial score (nSPS) is 24.0. The van der Waals surface area contributed by atoms with Crippen molar-refractivity contribution in [3.8, 4) is 0 Å². The van der Waals surface area contributed by atoms with Gasteiger partial charge >= 0.3 is 13.9 Å². The number of urea groups is 1. The second kappa shape index (κ2) is 15.5. The van der Waals surface area contributed by atoms with Crippen LogP contribution in [-0.4, -0.2) is 86.8 Å². The fraction of sp³-hybridized carbons (Fsp3) is 0.913. The number of amides is 3. The second-order valence-corrected chi connectivity index (χ2v) is 12.7. The molecule has 0 radical (unpaired) electrons. The predicted octanol–water partition coefficient (Wildman–Crippen LogP) is 3.23. The molecular weight excluding hydrogens is 509 g/mol. The number of hydrogen-bond acceptors (Lipinski definition) is 9. The van der Waals surface area contributed by atoms with Gasteiger partial charge in [0.05, 0.1) is 43.6 Å². The summed E-state index contributed by atoms with van der Waals surface area (Å²) in [5.74, 6) is 0.916. The van der Waals surface area contributed by atoms with Crippen LogP contribution in [0.4, 0.5) is 4.79 Å². The van der Waals surface area contributed by atoms with Crippen LogP contribution in [0.2, 0.25) is 0 Å². The van der Waals surface area contributed by atoms with E-state index in [9.17, 15) is 14.2 Å². The number of thioether (sulfide) groups is 1. The molecule has 0 bridgehead atoms. The first kappa shape index (κ1) is 31.3. The molecule has 2 aliphatic heterocycles. The van der Waals surface area contributed by atoms with E-state index in [0.717, 1.165) is 18.6 Å². The van der Waals surface area contributed by atoms with Crippen LogP contribution in [0.5, 0.6) is 0 Å². The molecule has 3 N–H and O–H groups in total. The van der Waals surface area contributed by atoms with Crippen molar-refractivity contribution in [3.63, 3.8) is 0 Å². The number of rotatable bonds is 18. The molecule has 2 fully saturated rings. The summed E-state index contributed by atoms with van der Waals surface area (Å²) in [5, 5.41) is 9.19. The quantitative estimate of drug-likeness (QED) is 0.133. The molecule has 36 heavy (non-hydrogen) atoms. The van der Waals surface area contributed by atoms with E-state index >= 15 is 0 Å². The molecule has 0 aromatic carbocycles. The van der Waals surface area contributed by atoms with Crippen molar-refractivity contribution in [2.75, 3.05) is 45.8 Å². The van der Waals surface area contributed by atoms with Gasteiger partial charge in [-0.2, -0.15) is 11.8 Å². The summed E-state index contributed by atoms with van der Waals surface area (Å²) < 4.78 is 40.2. The van der Waals surface area contributed by atoms with E-state index in [1.54, 1.807) is 27.9 Å². The Kier molecular flexibility index (Phi) is 13.5. The van der Waals surface area contributed by atoms with E-state index in [1.165, 1.54) is 0 Å². The van der Waals surface area contributed by atoms with E-state index in [-0.39, 0.29) is 43.3 Å². The highest BCUT2D eigenvalue weighted by molar-refractivity contribution is 8.00. The molecule has 2 aliphatic rings. The molecule has 2 saturated heterocycles. The highest BCUT2D eigenvalue weighted by atomic mass is 32.2. The fourth-order valence-corrected chi connectivity index (χ4v) is 7.04. The first-order chi connectivity index (χ1) is 17.0. The van der Waals surface area contributed by atoms with Crippen molar-refractivity contribution in [2.24, 2.45) is 0 Å². The first-order valence-corrected chi connectivity index (χ1v) is 15.2. The summed E-state index contributed by atoms with van der Waals surface area (Å²) in [6, 6.07) is 0.269. The average Bonchev–Trinajstić information content (AvgIpc) is 3.34. The Hall–Kier alpha value is -0.880. The van der Waals surface area contributed by atoms with E-state index in [1.807, 2.05) is 18.7 Å². The number of phosphoric acid groups is 1. The average molecular weight is 554 g/mol. The molecule has 5 atom stereocenters. The Morgan fingerprint density at radius 3 is 2.64 bits per heavy atom. The minimum absolute atomic E-state index is 0.00000830. The van der Waals surface area contributed by atoms with Gasteiger partial charge in [0.15, 0.2) is 0 Å². The lowest BCUT2D eigenvalue weighted by molar-refractivity contribution is -0.121. The van der Waals surface area contributed by atoms with Gasteiger partial charge in [-0.3, -0.25) is 18.4 Å². The number of carbonyl (C=O) groups excluding carboxylic acids is 2. The van der Waals surface area contributed by atoms with E-state index in [0.29, 0.717) is 44.3 Å². The third kappa shape index (κ3) is 11.7. The maximum atomic E-state index is 13.0. The summed E-state index contributed by atoms with van der Waals surface area (Å²) in [5.41, 5.74) is -0.702. The zero-order valence-electron chi connectivity index (χ0n) is 22.2. The van der Waals surface area contributed by atoms with E-state index < -0.39 is 13.4 Å². The van der Waals surface area contributed by atoms with Crippen LogP contribution in [-0.2, 0) is 32.4 Å². The molecule has 2 heterocycles. The molecule has 5 unspecified atom stereocenters. The van der Waals surface area contributed by atoms with Crippen LogP contribution < -0.4 is 16.0 Å². The topological polar surface area (TPSA) is 133 Å². The van der Waals surface area contributed by atoms with Crippen molar-refractivity contribution < 1.29 is 37.2 Å². The number of carbonyl (C=O) groups is 2. The summed E-state index contributed by atoms with van der Waals surface area (Å²) in [6.45, 7) is 8.75. The Morgan fingerprint density at radius 1 is 1.19 bits per heavy atom. The van der Waals surface area contributed by atoms with Crippen molar-refractivity contribution in [2.45, 2.75) is 88.8 Å². The largest absolute Gasteiger partial charge is 0.475 e. The Morgan fingerprint density at radius 2 is 1.94 bits per heavy atom. The molecular formula is C23H44N3O8PS.